The fourth-order valence-corrected chi connectivity index (χ4v) is 6.85. The Morgan fingerprint density at radius 1 is 0.362 bits per heavy atom. The first-order valence-electron chi connectivity index (χ1n) is 24.6. The third-order valence-electron chi connectivity index (χ3n) is 10.6. The Labute approximate surface area is 358 Å². The second-order valence-corrected chi connectivity index (χ2v) is 16.3. The van der Waals surface area contributed by atoms with Crippen LogP contribution in [0.25, 0.3) is 0 Å². The molecule has 0 aromatic heterocycles. The van der Waals surface area contributed by atoms with Gasteiger partial charge in [-0.1, -0.05) is 204 Å². The van der Waals surface area contributed by atoms with Gasteiger partial charge in [0.2, 0.25) is 0 Å². The van der Waals surface area contributed by atoms with Crippen molar-refractivity contribution in [2.75, 3.05) is 13.2 Å². The number of carbonyl (C=O) groups is 3. The largest absolute Gasteiger partial charge is 0.462 e. The molecule has 0 fully saturated rings. The van der Waals surface area contributed by atoms with Crippen LogP contribution < -0.4 is 0 Å². The van der Waals surface area contributed by atoms with Gasteiger partial charge in [-0.05, 0) is 70.6 Å². The molecule has 58 heavy (non-hydrogen) atoms. The summed E-state index contributed by atoms with van der Waals surface area (Å²) in [5.41, 5.74) is 0. The highest BCUT2D eigenvalue weighted by atomic mass is 16.6. The first-order valence-corrected chi connectivity index (χ1v) is 24.6. The Hall–Kier alpha value is -2.63. The second kappa shape index (κ2) is 47.1. The van der Waals surface area contributed by atoms with Gasteiger partial charge in [0.15, 0.2) is 6.10 Å². The Morgan fingerprint density at radius 3 is 1.16 bits per heavy atom. The monoisotopic (exact) mass is 813 g/mol. The summed E-state index contributed by atoms with van der Waals surface area (Å²) < 4.78 is 16.7. The van der Waals surface area contributed by atoms with Crippen molar-refractivity contribution in [3.8, 4) is 0 Å². The normalized spacial score (nSPS) is 12.4. The predicted octanol–water partition coefficient (Wildman–Crippen LogP) is 15.9. The van der Waals surface area contributed by atoms with E-state index < -0.39 is 6.10 Å². The summed E-state index contributed by atoms with van der Waals surface area (Å²) in [7, 11) is 0. The molecule has 0 aromatic carbocycles. The molecule has 0 saturated heterocycles. The summed E-state index contributed by atoms with van der Waals surface area (Å²) in [6, 6.07) is 0. The SMILES string of the molecule is CC/C=C\C/C=C\C/C=C\CCCCC(=O)OC(COC(=O)CCCCCCC/C=C\CCCC)COC(=O)CCCCCCCCCCCCCCCCCCC. The molecule has 0 aliphatic heterocycles. The second-order valence-electron chi connectivity index (χ2n) is 16.3. The van der Waals surface area contributed by atoms with Crippen LogP contribution in [0, 0.1) is 0 Å². The van der Waals surface area contributed by atoms with Gasteiger partial charge >= 0.3 is 17.9 Å². The molecule has 0 spiro atoms. The van der Waals surface area contributed by atoms with E-state index in [0.717, 1.165) is 77.0 Å². The number of unbranched alkanes of at least 4 members (excludes halogenated alkanes) is 25. The summed E-state index contributed by atoms with van der Waals surface area (Å²) in [6.07, 6.45) is 55.3. The van der Waals surface area contributed by atoms with Gasteiger partial charge in [-0.25, -0.2) is 0 Å². The van der Waals surface area contributed by atoms with Gasteiger partial charge in [-0.3, -0.25) is 14.4 Å². The summed E-state index contributed by atoms with van der Waals surface area (Å²) in [5.74, 6) is -0.935. The minimum Gasteiger partial charge on any atom is -0.462 e. The number of allylic oxidation sites excluding steroid dienone is 8. The summed E-state index contributed by atoms with van der Waals surface area (Å²) in [6.45, 7) is 6.45. The third kappa shape index (κ3) is 44.5. The molecule has 6 heteroatoms. The van der Waals surface area contributed by atoms with Crippen molar-refractivity contribution in [3.05, 3.63) is 48.6 Å². The highest BCUT2D eigenvalue weighted by molar-refractivity contribution is 5.71. The van der Waals surface area contributed by atoms with Crippen molar-refractivity contribution in [1.29, 1.82) is 0 Å². The van der Waals surface area contributed by atoms with Gasteiger partial charge in [0.1, 0.15) is 13.2 Å². The van der Waals surface area contributed by atoms with Gasteiger partial charge in [0.05, 0.1) is 0 Å². The van der Waals surface area contributed by atoms with Crippen molar-refractivity contribution >= 4 is 17.9 Å². The van der Waals surface area contributed by atoms with E-state index in [0.29, 0.717) is 19.3 Å². The predicted molar refractivity (Wildman–Crippen MR) is 247 cm³/mol. The molecule has 1 unspecified atom stereocenters. The maximum atomic E-state index is 12.7. The van der Waals surface area contributed by atoms with Crippen LogP contribution in [0.15, 0.2) is 48.6 Å². The first kappa shape index (κ1) is 55.4. The van der Waals surface area contributed by atoms with E-state index in [2.05, 4.69) is 69.4 Å². The maximum Gasteiger partial charge on any atom is 0.306 e. The van der Waals surface area contributed by atoms with Crippen molar-refractivity contribution < 1.29 is 28.6 Å². The van der Waals surface area contributed by atoms with Crippen LogP contribution in [-0.4, -0.2) is 37.2 Å². The molecule has 0 rings (SSSR count). The first-order chi connectivity index (χ1) is 28.5. The Kier molecular flexibility index (Phi) is 44.9. The van der Waals surface area contributed by atoms with Crippen LogP contribution in [0.5, 0.6) is 0 Å². The maximum absolute atomic E-state index is 12.7. The zero-order valence-electron chi connectivity index (χ0n) is 38.3. The van der Waals surface area contributed by atoms with Gasteiger partial charge in [0, 0.05) is 19.3 Å². The highest BCUT2D eigenvalue weighted by Gasteiger charge is 2.19. The molecule has 0 aliphatic carbocycles. The Bertz CT molecular complexity index is 1030. The minimum absolute atomic E-state index is 0.0891. The van der Waals surface area contributed by atoms with Crippen molar-refractivity contribution in [3.63, 3.8) is 0 Å². The van der Waals surface area contributed by atoms with Gasteiger partial charge in [-0.2, -0.15) is 0 Å². The molecule has 0 bridgehead atoms. The van der Waals surface area contributed by atoms with E-state index >= 15 is 0 Å². The lowest BCUT2D eigenvalue weighted by Gasteiger charge is -2.18. The lowest BCUT2D eigenvalue weighted by atomic mass is 10.0. The summed E-state index contributed by atoms with van der Waals surface area (Å²) in [4.78, 5) is 37.8. The van der Waals surface area contributed by atoms with Crippen LogP contribution in [0.2, 0.25) is 0 Å². The molecular weight excluding hydrogens is 721 g/mol. The molecule has 0 N–H and O–H groups in total. The van der Waals surface area contributed by atoms with E-state index in [-0.39, 0.29) is 37.5 Å². The fraction of sp³-hybridized carbons (Fsp3) is 0.788. The number of hydrogen-bond acceptors (Lipinski definition) is 6. The number of hydrogen-bond donors (Lipinski definition) is 0. The lowest BCUT2D eigenvalue weighted by Crippen LogP contribution is -2.30. The average molecular weight is 813 g/mol. The minimum atomic E-state index is -0.791. The smallest absolute Gasteiger partial charge is 0.306 e. The van der Waals surface area contributed by atoms with Gasteiger partial charge < -0.3 is 14.2 Å². The van der Waals surface area contributed by atoms with Crippen molar-refractivity contribution in [1.82, 2.24) is 0 Å². The molecule has 0 heterocycles. The number of esters is 3. The summed E-state index contributed by atoms with van der Waals surface area (Å²) in [5, 5.41) is 0. The molecule has 0 aliphatic rings. The van der Waals surface area contributed by atoms with Crippen LogP contribution in [0.3, 0.4) is 0 Å². The zero-order chi connectivity index (χ0) is 42.3. The van der Waals surface area contributed by atoms with Crippen LogP contribution in [-0.2, 0) is 28.6 Å². The quantitative estimate of drug-likeness (QED) is 0.0264. The molecule has 0 saturated carbocycles. The standard InChI is InChI=1S/C52H92O6/c1-4-7-10-13-16-19-22-24-25-26-27-28-31-33-36-39-42-45-51(54)57-48-49(47-56-50(53)44-41-38-35-32-29-21-18-15-12-9-6-3)58-52(55)46-43-40-37-34-30-23-20-17-14-11-8-5-2/h8,11,15,17-18,20,30,34,49H,4-7,9-10,12-14,16,19,21-29,31-33,35-48H2,1-3H3/b11-8-,18-15-,20-17-,34-30-. The zero-order valence-corrected chi connectivity index (χ0v) is 38.3. The Morgan fingerprint density at radius 2 is 0.690 bits per heavy atom. The Balaban J connectivity index is 4.36. The lowest BCUT2D eigenvalue weighted by molar-refractivity contribution is -0.167. The van der Waals surface area contributed by atoms with Gasteiger partial charge in [-0.15, -0.1) is 0 Å². The fourth-order valence-electron chi connectivity index (χ4n) is 6.85. The third-order valence-corrected chi connectivity index (χ3v) is 10.6. The molecule has 336 valence electrons. The molecule has 0 amide bonds. The topological polar surface area (TPSA) is 78.9 Å². The van der Waals surface area contributed by atoms with Crippen LogP contribution in [0.4, 0.5) is 0 Å². The van der Waals surface area contributed by atoms with Gasteiger partial charge in [0.25, 0.3) is 0 Å². The molecule has 0 aromatic rings. The van der Waals surface area contributed by atoms with E-state index in [1.54, 1.807) is 0 Å². The number of carbonyl (C=O) groups excluding carboxylic acids is 3. The number of ether oxygens (including phenoxy) is 3. The van der Waals surface area contributed by atoms with E-state index in [9.17, 15) is 14.4 Å². The molecular formula is C52H92O6. The number of rotatable bonds is 44. The van der Waals surface area contributed by atoms with E-state index in [1.807, 2.05) is 0 Å². The highest BCUT2D eigenvalue weighted by Crippen LogP contribution is 2.15. The van der Waals surface area contributed by atoms with Crippen LogP contribution >= 0.6 is 0 Å². The molecule has 0 radical (unpaired) electrons. The average Bonchev–Trinajstić information content (AvgIpc) is 3.22. The van der Waals surface area contributed by atoms with E-state index in [4.69, 9.17) is 14.2 Å². The summed E-state index contributed by atoms with van der Waals surface area (Å²) >= 11 is 0. The molecule has 1 atom stereocenters. The van der Waals surface area contributed by atoms with E-state index in [1.165, 1.54) is 122 Å². The van der Waals surface area contributed by atoms with Crippen molar-refractivity contribution in [2.24, 2.45) is 0 Å². The van der Waals surface area contributed by atoms with Crippen LogP contribution in [0.1, 0.15) is 245 Å². The molecule has 6 nitrogen and oxygen atoms in total. The van der Waals surface area contributed by atoms with Crippen molar-refractivity contribution in [2.45, 2.75) is 252 Å².